The van der Waals surface area contributed by atoms with Crippen molar-refractivity contribution in [3.63, 3.8) is 0 Å². The third kappa shape index (κ3) is 2.62. The number of nitrogens with zero attached hydrogens (tertiary/aromatic N) is 1. The van der Waals surface area contributed by atoms with Crippen LogP contribution in [0.3, 0.4) is 0 Å². The summed E-state index contributed by atoms with van der Waals surface area (Å²) in [5.41, 5.74) is 4.57. The first kappa shape index (κ1) is 14.3. The second-order valence-electron chi connectivity index (χ2n) is 6.00. The fraction of sp³-hybridized carbons (Fsp3) is 0.412. The molecule has 0 spiro atoms. The third-order valence-electron chi connectivity index (χ3n) is 4.20. The predicted molar refractivity (Wildman–Crippen MR) is 84.2 cm³/mol. The molecule has 0 radical (unpaired) electrons. The van der Waals surface area contributed by atoms with Gasteiger partial charge in [0.25, 0.3) is 0 Å². The zero-order valence-corrected chi connectivity index (χ0v) is 13.3. The zero-order chi connectivity index (χ0) is 15.1. The summed E-state index contributed by atoms with van der Waals surface area (Å²) < 4.78 is 5.39. The molecule has 2 aliphatic rings. The lowest BCUT2D eigenvalue weighted by Gasteiger charge is -2.17. The van der Waals surface area contributed by atoms with Crippen molar-refractivity contribution in [1.29, 1.82) is 0 Å². The van der Waals surface area contributed by atoms with Crippen LogP contribution in [-0.2, 0) is 9.53 Å². The van der Waals surface area contributed by atoms with Gasteiger partial charge in [-0.2, -0.15) is 0 Å². The van der Waals surface area contributed by atoms with Gasteiger partial charge in [0, 0.05) is 16.2 Å². The van der Waals surface area contributed by atoms with Crippen LogP contribution in [0, 0.1) is 19.8 Å². The molecule has 1 aromatic carbocycles. The highest BCUT2D eigenvalue weighted by Gasteiger charge is 2.34. The van der Waals surface area contributed by atoms with Crippen molar-refractivity contribution in [2.75, 3.05) is 0 Å². The van der Waals surface area contributed by atoms with Crippen LogP contribution in [0.15, 0.2) is 28.3 Å². The minimum atomic E-state index is -0.223. The number of hydrogen-bond acceptors (Lipinski definition) is 3. The summed E-state index contributed by atoms with van der Waals surface area (Å²) in [5, 5.41) is 0.728. The van der Waals surface area contributed by atoms with Crippen LogP contribution in [0.2, 0.25) is 5.02 Å². The molecule has 21 heavy (non-hydrogen) atoms. The molecule has 1 unspecified atom stereocenters. The number of benzene rings is 1. The van der Waals surface area contributed by atoms with Crippen LogP contribution in [0.25, 0.3) is 0 Å². The minimum Gasteiger partial charge on any atom is -0.404 e. The van der Waals surface area contributed by atoms with Crippen molar-refractivity contribution < 1.29 is 9.53 Å². The Morgan fingerprint density at radius 1 is 1.24 bits per heavy atom. The maximum Gasteiger partial charge on any atom is 0.341 e. The van der Waals surface area contributed by atoms with Crippen molar-refractivity contribution >= 4 is 29.2 Å². The van der Waals surface area contributed by atoms with Gasteiger partial charge in [0.2, 0.25) is 5.90 Å². The van der Waals surface area contributed by atoms with E-state index >= 15 is 0 Å². The highest BCUT2D eigenvalue weighted by molar-refractivity contribution is 6.31. The van der Waals surface area contributed by atoms with Gasteiger partial charge in [0.05, 0.1) is 5.69 Å². The second kappa shape index (κ2) is 5.30. The van der Waals surface area contributed by atoms with Crippen molar-refractivity contribution in [1.82, 2.24) is 0 Å². The molecule has 0 amide bonds. The van der Waals surface area contributed by atoms with Gasteiger partial charge in [-0.15, -0.1) is 0 Å². The zero-order valence-electron chi connectivity index (χ0n) is 12.5. The van der Waals surface area contributed by atoms with Gasteiger partial charge in [0.1, 0.15) is 0 Å². The van der Waals surface area contributed by atoms with E-state index < -0.39 is 0 Å². The fourth-order valence-corrected chi connectivity index (χ4v) is 3.07. The first-order chi connectivity index (χ1) is 9.95. The Bertz CT molecular complexity index is 688. The Morgan fingerprint density at radius 3 is 2.76 bits per heavy atom. The number of ether oxygens (including phenoxy) is 1. The van der Waals surface area contributed by atoms with E-state index in [1.54, 1.807) is 0 Å². The maximum atomic E-state index is 12.0. The van der Waals surface area contributed by atoms with Crippen molar-refractivity contribution in [3.05, 3.63) is 39.4 Å². The summed E-state index contributed by atoms with van der Waals surface area (Å²) in [5.74, 6) is 0.792. The predicted octanol–water partition coefficient (Wildman–Crippen LogP) is 4.66. The van der Waals surface area contributed by atoms with Crippen molar-refractivity contribution in [2.24, 2.45) is 10.9 Å². The topological polar surface area (TPSA) is 38.7 Å². The summed E-state index contributed by atoms with van der Waals surface area (Å²) in [7, 11) is 0. The number of hydrogen-bond donors (Lipinski definition) is 0. The van der Waals surface area contributed by atoms with Crippen LogP contribution in [-0.4, -0.2) is 11.9 Å². The number of carbonyl (C=O) groups is 1. The molecule has 1 aromatic rings. The SMILES string of the molecule is Cc1cc(N=C2OC(=O)C3=C2CCC(C)C3)c(C)cc1Cl. The number of rotatable bonds is 1. The lowest BCUT2D eigenvalue weighted by Crippen LogP contribution is -2.09. The largest absolute Gasteiger partial charge is 0.404 e. The lowest BCUT2D eigenvalue weighted by molar-refractivity contribution is -0.130. The van der Waals surface area contributed by atoms with Gasteiger partial charge < -0.3 is 4.74 Å². The van der Waals surface area contributed by atoms with Crippen molar-refractivity contribution in [2.45, 2.75) is 40.0 Å². The molecule has 1 heterocycles. The molecule has 1 aliphatic heterocycles. The molecule has 0 N–H and O–H groups in total. The number of esters is 1. The molecule has 0 bridgehead atoms. The van der Waals surface area contributed by atoms with Crippen molar-refractivity contribution in [3.8, 4) is 0 Å². The number of halogens is 1. The van der Waals surface area contributed by atoms with E-state index in [4.69, 9.17) is 16.3 Å². The van der Waals surface area contributed by atoms with E-state index in [2.05, 4.69) is 11.9 Å². The number of aryl methyl sites for hydroxylation is 2. The van der Waals surface area contributed by atoms with E-state index in [1.165, 1.54) is 0 Å². The van der Waals surface area contributed by atoms with Gasteiger partial charge in [-0.25, -0.2) is 9.79 Å². The van der Waals surface area contributed by atoms with E-state index in [-0.39, 0.29) is 5.97 Å². The Kier molecular flexibility index (Phi) is 3.62. The molecular weight excluding hydrogens is 286 g/mol. The van der Waals surface area contributed by atoms with E-state index in [0.29, 0.717) is 11.8 Å². The molecule has 4 heteroatoms. The monoisotopic (exact) mass is 303 g/mol. The van der Waals surface area contributed by atoms with Gasteiger partial charge in [-0.05, 0) is 62.3 Å². The molecule has 0 fully saturated rings. The highest BCUT2D eigenvalue weighted by atomic mass is 35.5. The molecular formula is C17H18ClNO2. The first-order valence-electron chi connectivity index (χ1n) is 7.25. The number of aliphatic imine (C=N–C) groups is 1. The van der Waals surface area contributed by atoms with E-state index in [1.807, 2.05) is 26.0 Å². The maximum absolute atomic E-state index is 12.0. The standard InChI is InChI=1S/C17H18ClNO2/c1-9-4-5-12-13(6-9)17(20)21-16(12)19-15-8-10(2)14(18)7-11(15)3/h7-9H,4-6H2,1-3H3. The summed E-state index contributed by atoms with van der Waals surface area (Å²) in [6.45, 7) is 6.07. The molecule has 110 valence electrons. The molecule has 0 aromatic heterocycles. The second-order valence-corrected chi connectivity index (χ2v) is 6.41. The molecule has 1 aliphatic carbocycles. The highest BCUT2D eigenvalue weighted by Crippen LogP contribution is 2.36. The van der Waals surface area contributed by atoms with E-state index in [9.17, 15) is 4.79 Å². The molecule has 1 atom stereocenters. The third-order valence-corrected chi connectivity index (χ3v) is 4.60. The Labute approximate surface area is 129 Å². The Balaban J connectivity index is 2.02. The van der Waals surface area contributed by atoms with Gasteiger partial charge in [-0.1, -0.05) is 18.5 Å². The molecule has 3 nitrogen and oxygen atoms in total. The number of carbonyl (C=O) groups excluding carboxylic acids is 1. The Morgan fingerprint density at radius 2 is 2.00 bits per heavy atom. The summed E-state index contributed by atoms with van der Waals surface area (Å²) in [6, 6.07) is 3.83. The van der Waals surface area contributed by atoms with Crippen LogP contribution in [0.4, 0.5) is 5.69 Å². The normalized spacial score (nSPS) is 23.5. The minimum absolute atomic E-state index is 0.223. The molecule has 0 saturated heterocycles. The van der Waals surface area contributed by atoms with Crippen LogP contribution in [0.5, 0.6) is 0 Å². The molecule has 0 saturated carbocycles. The average molecular weight is 304 g/mol. The van der Waals surface area contributed by atoms with E-state index in [0.717, 1.165) is 52.2 Å². The van der Waals surface area contributed by atoms with Crippen LogP contribution >= 0.6 is 11.6 Å². The summed E-state index contributed by atoms with van der Waals surface area (Å²) in [4.78, 5) is 16.6. The van der Waals surface area contributed by atoms with Crippen LogP contribution < -0.4 is 0 Å². The summed E-state index contributed by atoms with van der Waals surface area (Å²) >= 11 is 6.11. The lowest BCUT2D eigenvalue weighted by atomic mass is 9.86. The quantitative estimate of drug-likeness (QED) is 0.708. The van der Waals surface area contributed by atoms with Gasteiger partial charge in [-0.3, -0.25) is 0 Å². The molecule has 3 rings (SSSR count). The van der Waals surface area contributed by atoms with Crippen LogP contribution in [0.1, 0.15) is 37.3 Å². The Hall–Kier alpha value is -1.61. The smallest absolute Gasteiger partial charge is 0.341 e. The number of cyclic esters (lactones) is 1. The van der Waals surface area contributed by atoms with Gasteiger partial charge >= 0.3 is 5.97 Å². The fourth-order valence-electron chi connectivity index (χ4n) is 2.85. The average Bonchev–Trinajstić information content (AvgIpc) is 2.72. The van der Waals surface area contributed by atoms with Gasteiger partial charge in [0.15, 0.2) is 0 Å². The summed E-state index contributed by atoms with van der Waals surface area (Å²) in [6.07, 6.45) is 2.74. The first-order valence-corrected chi connectivity index (χ1v) is 7.63.